The van der Waals surface area contributed by atoms with Crippen molar-refractivity contribution in [3.63, 3.8) is 0 Å². The van der Waals surface area contributed by atoms with Gasteiger partial charge in [0.1, 0.15) is 0 Å². The summed E-state index contributed by atoms with van der Waals surface area (Å²) in [5.41, 5.74) is 7.93. The van der Waals surface area contributed by atoms with E-state index in [0.29, 0.717) is 37.9 Å². The van der Waals surface area contributed by atoms with E-state index in [2.05, 4.69) is 0 Å². The average Bonchev–Trinajstić information content (AvgIpc) is 2.70. The predicted octanol–water partition coefficient (Wildman–Crippen LogP) is 3.26. The Morgan fingerprint density at radius 3 is 2.36 bits per heavy atom. The average molecular weight is 384 g/mol. The molecule has 2 aromatic carbocycles. The van der Waals surface area contributed by atoms with Crippen molar-refractivity contribution in [2.75, 3.05) is 13.1 Å². The number of benzene rings is 2. The van der Waals surface area contributed by atoms with Gasteiger partial charge in [-0.1, -0.05) is 60.2 Å². The summed E-state index contributed by atoms with van der Waals surface area (Å²) in [7, 11) is 0. The number of hydrogen-bond acceptors (Lipinski definition) is 4. The van der Waals surface area contributed by atoms with Crippen molar-refractivity contribution in [2.45, 2.75) is 50.5 Å². The van der Waals surface area contributed by atoms with Crippen LogP contribution in [0.3, 0.4) is 0 Å². The van der Waals surface area contributed by atoms with Crippen LogP contribution in [0.2, 0.25) is 0 Å². The van der Waals surface area contributed by atoms with E-state index in [1.807, 2.05) is 37.3 Å². The van der Waals surface area contributed by atoms with Crippen molar-refractivity contribution in [1.82, 2.24) is 4.90 Å². The van der Waals surface area contributed by atoms with Gasteiger partial charge in [-0.3, -0.25) is 9.69 Å². The number of likely N-dealkylation sites (tertiary alicyclic amines) is 1. The lowest BCUT2D eigenvalue weighted by atomic mass is 9.85. The van der Waals surface area contributed by atoms with Gasteiger partial charge in [-0.15, -0.1) is 0 Å². The molecule has 1 fully saturated rings. The number of nitrogens with two attached hydrogens (primary N) is 1. The molecule has 1 saturated heterocycles. The van der Waals surface area contributed by atoms with Crippen molar-refractivity contribution in [2.24, 2.45) is 5.73 Å². The van der Waals surface area contributed by atoms with Gasteiger partial charge in [0.2, 0.25) is 0 Å². The minimum absolute atomic E-state index is 0.0376. The second-order valence-corrected chi connectivity index (χ2v) is 7.93. The molecule has 2 unspecified atom stereocenters. The molecule has 0 bridgehead atoms. The molecule has 0 radical (unpaired) electrons. The highest BCUT2D eigenvalue weighted by Gasteiger charge is 2.35. The first-order chi connectivity index (χ1) is 13.4. The zero-order chi connectivity index (χ0) is 20.1. The molecule has 5 heteroatoms. The maximum absolute atomic E-state index is 14.8. The molecule has 150 valence electrons. The maximum Gasteiger partial charge on any atom is 0.179 e. The molecule has 0 aliphatic carbocycles. The number of piperidine rings is 1. The van der Waals surface area contributed by atoms with E-state index in [4.69, 9.17) is 5.73 Å². The van der Waals surface area contributed by atoms with Crippen LogP contribution < -0.4 is 5.73 Å². The fraction of sp³-hybridized carbons (Fsp3) is 0.435. The highest BCUT2D eigenvalue weighted by molar-refractivity contribution is 5.99. The lowest BCUT2D eigenvalue weighted by Gasteiger charge is -2.40. The van der Waals surface area contributed by atoms with Gasteiger partial charge in [0.15, 0.2) is 12.1 Å². The Balaban J connectivity index is 1.51. The smallest absolute Gasteiger partial charge is 0.179 e. The number of nitrogens with zero attached hydrogens (tertiary/aromatic N) is 1. The normalized spacial score (nSPS) is 19.1. The molecule has 0 spiro atoms. The monoisotopic (exact) mass is 384 g/mol. The number of Topliss-reactive ketones (excluding diaryl/α,β-unsaturated/α-hetero) is 1. The van der Waals surface area contributed by atoms with Crippen LogP contribution >= 0.6 is 0 Å². The number of ketones is 1. The number of aryl methyl sites for hydroxylation is 1. The summed E-state index contributed by atoms with van der Waals surface area (Å²) >= 11 is 0. The molecule has 0 aromatic heterocycles. The van der Waals surface area contributed by atoms with E-state index in [0.717, 1.165) is 5.56 Å². The Labute approximate surface area is 166 Å². The van der Waals surface area contributed by atoms with E-state index < -0.39 is 17.9 Å². The van der Waals surface area contributed by atoms with Crippen molar-refractivity contribution >= 4 is 5.78 Å². The molecule has 3 rings (SSSR count). The fourth-order valence-corrected chi connectivity index (χ4v) is 3.77. The number of hydrogen-bond donors (Lipinski definition) is 2. The molecule has 2 atom stereocenters. The van der Waals surface area contributed by atoms with Crippen LogP contribution in [0.15, 0.2) is 54.6 Å². The molecular weight excluding hydrogens is 355 g/mol. The second kappa shape index (κ2) is 8.95. The predicted molar refractivity (Wildman–Crippen MR) is 109 cm³/mol. The maximum atomic E-state index is 14.8. The van der Waals surface area contributed by atoms with Crippen LogP contribution in [0.25, 0.3) is 0 Å². The van der Waals surface area contributed by atoms with E-state index in [1.54, 1.807) is 29.2 Å². The summed E-state index contributed by atoms with van der Waals surface area (Å²) in [6, 6.07) is 16.0. The molecule has 4 nitrogen and oxygen atoms in total. The van der Waals surface area contributed by atoms with Crippen molar-refractivity contribution < 1.29 is 14.3 Å². The van der Waals surface area contributed by atoms with Crippen LogP contribution in [-0.4, -0.2) is 46.8 Å². The minimum Gasteiger partial charge on any atom is -0.389 e. The third-order valence-corrected chi connectivity index (χ3v) is 5.62. The van der Waals surface area contributed by atoms with E-state index in [-0.39, 0.29) is 12.2 Å². The number of rotatable bonds is 7. The van der Waals surface area contributed by atoms with Gasteiger partial charge in [0, 0.05) is 31.5 Å². The Morgan fingerprint density at radius 2 is 1.75 bits per heavy atom. The van der Waals surface area contributed by atoms with E-state index in [1.165, 1.54) is 5.56 Å². The van der Waals surface area contributed by atoms with Crippen LogP contribution in [0.1, 0.15) is 40.7 Å². The van der Waals surface area contributed by atoms with Crippen LogP contribution in [0, 0.1) is 6.92 Å². The van der Waals surface area contributed by atoms with Crippen LogP contribution in [-0.2, 0) is 6.42 Å². The van der Waals surface area contributed by atoms with Crippen LogP contribution in [0.5, 0.6) is 0 Å². The summed E-state index contributed by atoms with van der Waals surface area (Å²) in [5.74, 6) is -0.240. The number of aliphatic hydroxyl groups is 1. The van der Waals surface area contributed by atoms with Gasteiger partial charge in [0.25, 0.3) is 0 Å². The minimum atomic E-state index is -1.29. The Hall–Kier alpha value is -2.08. The molecular formula is C23H29FN2O2. The Kier molecular flexibility index (Phi) is 6.60. The standard InChI is InChI=1S/C23H29FN2O2/c1-17-7-9-18(10-8-17)16-23(28)11-13-26(14-12-23)21(24)15-20(25)22(27)19-5-3-2-4-6-19/h2-10,20-21,28H,11-16,25H2,1H3. The summed E-state index contributed by atoms with van der Waals surface area (Å²) in [5, 5.41) is 10.9. The summed E-state index contributed by atoms with van der Waals surface area (Å²) in [6.07, 6.45) is 0.257. The van der Waals surface area contributed by atoms with E-state index >= 15 is 0 Å². The first kappa shape index (κ1) is 20.6. The quantitative estimate of drug-likeness (QED) is 0.568. The van der Waals surface area contributed by atoms with Gasteiger partial charge in [-0.2, -0.15) is 0 Å². The highest BCUT2D eigenvalue weighted by Crippen LogP contribution is 2.28. The highest BCUT2D eigenvalue weighted by atomic mass is 19.1. The van der Waals surface area contributed by atoms with Gasteiger partial charge in [-0.05, 0) is 25.3 Å². The summed E-state index contributed by atoms with van der Waals surface area (Å²) in [6.45, 7) is 2.94. The molecule has 3 N–H and O–H groups in total. The third-order valence-electron chi connectivity index (χ3n) is 5.62. The number of carbonyl (C=O) groups excluding carboxylic acids is 1. The third kappa shape index (κ3) is 5.25. The van der Waals surface area contributed by atoms with Gasteiger partial charge in [-0.25, -0.2) is 4.39 Å². The molecule has 1 aliphatic heterocycles. The second-order valence-electron chi connectivity index (χ2n) is 7.93. The summed E-state index contributed by atoms with van der Waals surface area (Å²) < 4.78 is 14.8. The van der Waals surface area contributed by atoms with Crippen molar-refractivity contribution in [3.05, 3.63) is 71.3 Å². The molecule has 0 saturated carbocycles. The Morgan fingerprint density at radius 1 is 1.14 bits per heavy atom. The lowest BCUT2D eigenvalue weighted by Crippen LogP contribution is -2.49. The number of carbonyl (C=O) groups is 1. The first-order valence-electron chi connectivity index (χ1n) is 9.87. The molecule has 2 aromatic rings. The fourth-order valence-electron chi connectivity index (χ4n) is 3.77. The van der Waals surface area contributed by atoms with Crippen molar-refractivity contribution in [1.29, 1.82) is 0 Å². The SMILES string of the molecule is Cc1ccc(CC2(O)CCN(C(F)CC(N)C(=O)c3ccccc3)CC2)cc1. The number of alkyl halides is 1. The first-order valence-corrected chi connectivity index (χ1v) is 9.87. The Bertz CT molecular complexity index is 771. The van der Waals surface area contributed by atoms with Gasteiger partial charge >= 0.3 is 0 Å². The molecule has 1 aliphatic rings. The van der Waals surface area contributed by atoms with Crippen molar-refractivity contribution in [3.8, 4) is 0 Å². The molecule has 28 heavy (non-hydrogen) atoms. The zero-order valence-corrected chi connectivity index (χ0v) is 16.4. The molecule has 0 amide bonds. The topological polar surface area (TPSA) is 66.6 Å². The largest absolute Gasteiger partial charge is 0.389 e. The van der Waals surface area contributed by atoms with Crippen LogP contribution in [0.4, 0.5) is 4.39 Å². The molecule has 1 heterocycles. The van der Waals surface area contributed by atoms with E-state index in [9.17, 15) is 14.3 Å². The lowest BCUT2D eigenvalue weighted by molar-refractivity contribution is -0.0517. The van der Waals surface area contributed by atoms with Gasteiger partial charge < -0.3 is 10.8 Å². The summed E-state index contributed by atoms with van der Waals surface area (Å²) in [4.78, 5) is 14.0. The van der Waals surface area contributed by atoms with Gasteiger partial charge in [0.05, 0.1) is 11.6 Å². The zero-order valence-electron chi connectivity index (χ0n) is 16.4. The number of halogens is 1.